The molecule has 1 aliphatic rings. The Hall–Kier alpha value is -2.36. The molecule has 10 heteroatoms. The first-order valence-electron chi connectivity index (χ1n) is 8.49. The Morgan fingerprint density at radius 3 is 2.36 bits per heavy atom. The van der Waals surface area contributed by atoms with E-state index in [4.69, 9.17) is 11.6 Å². The molecular weight excluding hydrogens is 399 g/mol. The average Bonchev–Trinajstić information content (AvgIpc) is 2.64. The number of nitrogens with zero attached hydrogens (tertiary/aromatic N) is 2. The van der Waals surface area contributed by atoms with E-state index in [0.29, 0.717) is 29.2 Å². The highest BCUT2D eigenvalue weighted by molar-refractivity contribution is 6.31. The summed E-state index contributed by atoms with van der Waals surface area (Å²) < 4.78 is 41.2. The van der Waals surface area contributed by atoms with Crippen molar-refractivity contribution in [2.75, 3.05) is 26.2 Å². The van der Waals surface area contributed by atoms with Gasteiger partial charge < -0.3 is 10.1 Å². The molecule has 0 amide bonds. The zero-order valence-electron chi connectivity index (χ0n) is 14.6. The number of nitrogens with one attached hydrogen (secondary N) is 1. The van der Waals surface area contributed by atoms with Crippen molar-refractivity contribution < 1.29 is 22.8 Å². The minimum absolute atomic E-state index is 0.100. The molecule has 0 spiro atoms. The molecule has 1 atom stereocenters. The SMILES string of the molecule is O=[N+]([O-])c1ccc(Cl)c([C@@H](c2ccc(OC(F)(F)F)cc2)N2CCNCC2)c1. The molecule has 0 aliphatic carbocycles. The van der Waals surface area contributed by atoms with Gasteiger partial charge in [-0.05, 0) is 29.3 Å². The maximum atomic E-state index is 12.4. The lowest BCUT2D eigenvalue weighted by molar-refractivity contribution is -0.384. The van der Waals surface area contributed by atoms with Crippen LogP contribution < -0.4 is 10.1 Å². The number of benzene rings is 2. The first-order chi connectivity index (χ1) is 13.2. The Balaban J connectivity index is 2.01. The summed E-state index contributed by atoms with van der Waals surface area (Å²) in [5, 5.41) is 14.8. The second kappa shape index (κ2) is 8.34. The number of hydrogen-bond donors (Lipinski definition) is 1. The third-order valence-electron chi connectivity index (χ3n) is 4.43. The fraction of sp³-hybridized carbons (Fsp3) is 0.333. The van der Waals surface area contributed by atoms with Crippen LogP contribution in [0.3, 0.4) is 0 Å². The summed E-state index contributed by atoms with van der Waals surface area (Å²) in [6, 6.07) is 9.24. The Labute approximate surface area is 164 Å². The van der Waals surface area contributed by atoms with Gasteiger partial charge in [0, 0.05) is 43.3 Å². The zero-order valence-corrected chi connectivity index (χ0v) is 15.3. The van der Waals surface area contributed by atoms with Crippen molar-refractivity contribution in [2.24, 2.45) is 0 Å². The van der Waals surface area contributed by atoms with Crippen LogP contribution in [-0.4, -0.2) is 42.4 Å². The van der Waals surface area contributed by atoms with E-state index in [0.717, 1.165) is 13.1 Å². The molecule has 0 aromatic heterocycles. The zero-order chi connectivity index (χ0) is 20.3. The van der Waals surface area contributed by atoms with Crippen molar-refractivity contribution in [3.05, 3.63) is 68.7 Å². The largest absolute Gasteiger partial charge is 0.573 e. The van der Waals surface area contributed by atoms with Crippen molar-refractivity contribution in [1.29, 1.82) is 0 Å². The van der Waals surface area contributed by atoms with Gasteiger partial charge in [-0.3, -0.25) is 15.0 Å². The monoisotopic (exact) mass is 415 g/mol. The van der Waals surface area contributed by atoms with Gasteiger partial charge in [0.05, 0.1) is 11.0 Å². The normalized spacial score (nSPS) is 16.6. The van der Waals surface area contributed by atoms with E-state index >= 15 is 0 Å². The fourth-order valence-corrected chi connectivity index (χ4v) is 3.45. The maximum Gasteiger partial charge on any atom is 0.573 e. The minimum atomic E-state index is -4.77. The lowest BCUT2D eigenvalue weighted by Crippen LogP contribution is -2.45. The third kappa shape index (κ3) is 4.92. The number of non-ortho nitro benzene ring substituents is 1. The second-order valence-electron chi connectivity index (χ2n) is 6.27. The molecule has 1 heterocycles. The smallest absolute Gasteiger partial charge is 0.406 e. The fourth-order valence-electron chi connectivity index (χ4n) is 3.23. The van der Waals surface area contributed by atoms with E-state index in [-0.39, 0.29) is 11.4 Å². The van der Waals surface area contributed by atoms with Crippen LogP contribution in [0.25, 0.3) is 0 Å². The molecule has 2 aromatic rings. The van der Waals surface area contributed by atoms with Crippen LogP contribution >= 0.6 is 11.6 Å². The molecule has 1 aliphatic heterocycles. The van der Waals surface area contributed by atoms with Gasteiger partial charge in [0.25, 0.3) is 5.69 Å². The van der Waals surface area contributed by atoms with Crippen LogP contribution in [-0.2, 0) is 0 Å². The third-order valence-corrected chi connectivity index (χ3v) is 4.78. The highest BCUT2D eigenvalue weighted by atomic mass is 35.5. The van der Waals surface area contributed by atoms with E-state index in [1.165, 1.54) is 42.5 Å². The Bertz CT molecular complexity index is 840. The number of piperazine rings is 1. The summed E-state index contributed by atoms with van der Waals surface area (Å²) in [7, 11) is 0. The molecule has 0 bridgehead atoms. The number of nitro benzene ring substituents is 1. The molecule has 28 heavy (non-hydrogen) atoms. The molecular formula is C18H17ClF3N3O3. The molecule has 6 nitrogen and oxygen atoms in total. The minimum Gasteiger partial charge on any atom is -0.406 e. The topological polar surface area (TPSA) is 67.6 Å². The van der Waals surface area contributed by atoms with E-state index in [9.17, 15) is 23.3 Å². The number of halogens is 4. The lowest BCUT2D eigenvalue weighted by Gasteiger charge is -2.36. The predicted molar refractivity (Wildman–Crippen MR) is 97.5 cm³/mol. The Morgan fingerprint density at radius 1 is 1.14 bits per heavy atom. The number of rotatable bonds is 5. The van der Waals surface area contributed by atoms with Gasteiger partial charge in [-0.1, -0.05) is 23.7 Å². The molecule has 3 rings (SSSR count). The van der Waals surface area contributed by atoms with Crippen molar-refractivity contribution in [2.45, 2.75) is 12.4 Å². The number of nitro groups is 1. The van der Waals surface area contributed by atoms with Crippen LogP contribution in [0.4, 0.5) is 18.9 Å². The maximum absolute atomic E-state index is 12.4. The highest BCUT2D eigenvalue weighted by Crippen LogP contribution is 2.36. The summed E-state index contributed by atoms with van der Waals surface area (Å²) in [6.45, 7) is 2.76. The summed E-state index contributed by atoms with van der Waals surface area (Å²) in [6.07, 6.45) is -4.77. The molecule has 1 fully saturated rings. The molecule has 1 saturated heterocycles. The molecule has 150 valence electrons. The average molecular weight is 416 g/mol. The van der Waals surface area contributed by atoms with Gasteiger partial charge in [-0.2, -0.15) is 0 Å². The molecule has 2 aromatic carbocycles. The summed E-state index contributed by atoms with van der Waals surface area (Å²) >= 11 is 6.34. The quantitative estimate of drug-likeness (QED) is 0.587. The predicted octanol–water partition coefficient (Wildman–Crippen LogP) is 4.14. The first-order valence-corrected chi connectivity index (χ1v) is 8.87. The van der Waals surface area contributed by atoms with Crippen molar-refractivity contribution in [1.82, 2.24) is 10.2 Å². The van der Waals surface area contributed by atoms with E-state index < -0.39 is 17.3 Å². The standard InChI is InChI=1S/C18H17ClF3N3O3/c19-16-6-3-13(25(26)27)11-15(16)17(24-9-7-23-8-10-24)12-1-4-14(5-2-12)28-18(20,21)22/h1-6,11,17,23H,7-10H2/t17-/m1/s1. The molecule has 0 unspecified atom stereocenters. The van der Waals surface area contributed by atoms with Gasteiger partial charge in [0.15, 0.2) is 0 Å². The lowest BCUT2D eigenvalue weighted by atomic mass is 9.95. The van der Waals surface area contributed by atoms with Crippen molar-refractivity contribution in [3.63, 3.8) is 0 Å². The summed E-state index contributed by atoms with van der Waals surface area (Å²) in [5.74, 6) is -0.333. The van der Waals surface area contributed by atoms with E-state index in [1.807, 2.05) is 0 Å². The Morgan fingerprint density at radius 2 is 1.79 bits per heavy atom. The van der Waals surface area contributed by atoms with E-state index in [1.54, 1.807) is 0 Å². The Kier molecular flexibility index (Phi) is 6.07. The van der Waals surface area contributed by atoms with Crippen LogP contribution in [0.5, 0.6) is 5.75 Å². The number of alkyl halides is 3. The van der Waals surface area contributed by atoms with Gasteiger partial charge in [-0.15, -0.1) is 13.2 Å². The van der Waals surface area contributed by atoms with Gasteiger partial charge >= 0.3 is 6.36 Å². The van der Waals surface area contributed by atoms with Crippen molar-refractivity contribution >= 4 is 17.3 Å². The van der Waals surface area contributed by atoms with E-state index in [2.05, 4.69) is 15.0 Å². The highest BCUT2D eigenvalue weighted by Gasteiger charge is 2.32. The van der Waals surface area contributed by atoms with Gasteiger partial charge in [0.2, 0.25) is 0 Å². The summed E-state index contributed by atoms with van der Waals surface area (Å²) in [5.41, 5.74) is 1.10. The van der Waals surface area contributed by atoms with Crippen LogP contribution in [0, 0.1) is 10.1 Å². The second-order valence-corrected chi connectivity index (χ2v) is 6.68. The number of ether oxygens (including phenoxy) is 1. The molecule has 1 N–H and O–H groups in total. The molecule has 0 radical (unpaired) electrons. The van der Waals surface area contributed by atoms with Gasteiger partial charge in [0.1, 0.15) is 5.75 Å². The van der Waals surface area contributed by atoms with Crippen molar-refractivity contribution in [3.8, 4) is 5.75 Å². The van der Waals surface area contributed by atoms with Gasteiger partial charge in [-0.25, -0.2) is 0 Å². The van der Waals surface area contributed by atoms with Crippen LogP contribution in [0.1, 0.15) is 17.2 Å². The summed E-state index contributed by atoms with van der Waals surface area (Å²) in [4.78, 5) is 12.8. The molecule has 0 saturated carbocycles. The van der Waals surface area contributed by atoms with Crippen LogP contribution in [0.2, 0.25) is 5.02 Å². The van der Waals surface area contributed by atoms with Crippen LogP contribution in [0.15, 0.2) is 42.5 Å². The first kappa shape index (κ1) is 20.4. The number of hydrogen-bond acceptors (Lipinski definition) is 5.